The Balaban J connectivity index is 2.18. The van der Waals surface area contributed by atoms with E-state index in [-0.39, 0.29) is 5.75 Å². The summed E-state index contributed by atoms with van der Waals surface area (Å²) in [5.74, 6) is 0.652. The molecular formula is C13H8ClNO2. The number of aromatic hydroxyl groups is 1. The van der Waals surface area contributed by atoms with Crippen LogP contribution in [0.5, 0.6) is 5.75 Å². The Kier molecular flexibility index (Phi) is 2.27. The zero-order valence-corrected chi connectivity index (χ0v) is 9.48. The summed E-state index contributed by atoms with van der Waals surface area (Å²) < 4.78 is 5.56. The fourth-order valence-corrected chi connectivity index (χ4v) is 1.85. The third kappa shape index (κ3) is 1.85. The summed E-state index contributed by atoms with van der Waals surface area (Å²) in [4.78, 5) is 4.33. The van der Waals surface area contributed by atoms with E-state index < -0.39 is 0 Å². The van der Waals surface area contributed by atoms with E-state index in [4.69, 9.17) is 16.0 Å². The van der Waals surface area contributed by atoms with Crippen LogP contribution >= 0.6 is 11.6 Å². The number of nitrogens with zero attached hydrogens (tertiary/aromatic N) is 1. The highest BCUT2D eigenvalue weighted by Gasteiger charge is 2.08. The minimum Gasteiger partial charge on any atom is -0.508 e. The molecule has 0 saturated carbocycles. The molecule has 1 aromatic heterocycles. The highest BCUT2D eigenvalue weighted by molar-refractivity contribution is 6.30. The fraction of sp³-hybridized carbons (Fsp3) is 0. The highest BCUT2D eigenvalue weighted by Crippen LogP contribution is 2.27. The van der Waals surface area contributed by atoms with Gasteiger partial charge in [-0.1, -0.05) is 17.7 Å². The smallest absolute Gasteiger partial charge is 0.227 e. The van der Waals surface area contributed by atoms with Gasteiger partial charge in [0.25, 0.3) is 0 Å². The number of halogens is 1. The molecule has 0 amide bonds. The molecule has 3 rings (SSSR count). The fourth-order valence-electron chi connectivity index (χ4n) is 1.66. The molecule has 2 aromatic carbocycles. The van der Waals surface area contributed by atoms with Crippen LogP contribution < -0.4 is 0 Å². The first-order chi connectivity index (χ1) is 8.22. The zero-order chi connectivity index (χ0) is 11.8. The summed E-state index contributed by atoms with van der Waals surface area (Å²) in [5, 5.41) is 9.98. The van der Waals surface area contributed by atoms with E-state index in [1.165, 1.54) is 6.07 Å². The zero-order valence-electron chi connectivity index (χ0n) is 8.72. The number of aromatic nitrogens is 1. The van der Waals surface area contributed by atoms with Crippen molar-refractivity contribution < 1.29 is 9.52 Å². The summed E-state index contributed by atoms with van der Waals surface area (Å²) in [6.45, 7) is 0. The topological polar surface area (TPSA) is 46.3 Å². The summed E-state index contributed by atoms with van der Waals surface area (Å²) >= 11 is 5.91. The van der Waals surface area contributed by atoms with Gasteiger partial charge in [-0.2, -0.15) is 0 Å². The number of rotatable bonds is 1. The van der Waals surface area contributed by atoms with Gasteiger partial charge in [-0.25, -0.2) is 4.98 Å². The third-order valence-electron chi connectivity index (χ3n) is 2.44. The van der Waals surface area contributed by atoms with E-state index in [0.29, 0.717) is 22.0 Å². The summed E-state index contributed by atoms with van der Waals surface area (Å²) in [7, 11) is 0. The van der Waals surface area contributed by atoms with Crippen LogP contribution in [-0.2, 0) is 0 Å². The molecule has 3 aromatic rings. The normalized spacial score (nSPS) is 10.9. The molecule has 17 heavy (non-hydrogen) atoms. The van der Waals surface area contributed by atoms with Crippen molar-refractivity contribution >= 4 is 22.7 Å². The summed E-state index contributed by atoms with van der Waals surface area (Å²) in [5.41, 5.74) is 2.07. The molecule has 3 nitrogen and oxygen atoms in total. The lowest BCUT2D eigenvalue weighted by Crippen LogP contribution is -1.76. The van der Waals surface area contributed by atoms with Crippen molar-refractivity contribution in [2.24, 2.45) is 0 Å². The maximum absolute atomic E-state index is 9.35. The molecule has 0 fully saturated rings. The van der Waals surface area contributed by atoms with Gasteiger partial charge < -0.3 is 9.52 Å². The predicted molar refractivity (Wildman–Crippen MR) is 66.1 cm³/mol. The molecule has 0 atom stereocenters. The SMILES string of the molecule is Oc1ccc2nc(-c3cccc(Cl)c3)oc2c1. The van der Waals surface area contributed by atoms with Crippen LogP contribution in [0.1, 0.15) is 0 Å². The van der Waals surface area contributed by atoms with Gasteiger partial charge in [0.05, 0.1) is 0 Å². The average molecular weight is 246 g/mol. The molecule has 1 N–H and O–H groups in total. The second-order valence-corrected chi connectivity index (χ2v) is 4.12. The number of hydrogen-bond acceptors (Lipinski definition) is 3. The van der Waals surface area contributed by atoms with Crippen molar-refractivity contribution in [3.8, 4) is 17.2 Å². The van der Waals surface area contributed by atoms with Crippen LogP contribution in [-0.4, -0.2) is 10.1 Å². The summed E-state index contributed by atoms with van der Waals surface area (Å²) in [6.07, 6.45) is 0. The Morgan fingerprint density at radius 3 is 2.82 bits per heavy atom. The number of fused-ring (bicyclic) bond motifs is 1. The first-order valence-corrected chi connectivity index (χ1v) is 5.46. The molecule has 0 aliphatic rings. The standard InChI is InChI=1S/C13H8ClNO2/c14-9-3-1-2-8(6-9)13-15-11-5-4-10(16)7-12(11)17-13/h1-7,16H. The molecule has 0 radical (unpaired) electrons. The molecule has 0 saturated heterocycles. The van der Waals surface area contributed by atoms with Crippen LogP contribution in [0.3, 0.4) is 0 Å². The van der Waals surface area contributed by atoms with E-state index in [1.54, 1.807) is 24.3 Å². The van der Waals surface area contributed by atoms with Gasteiger partial charge in [0.1, 0.15) is 11.3 Å². The minimum atomic E-state index is 0.159. The van der Waals surface area contributed by atoms with Crippen LogP contribution in [0.2, 0.25) is 5.02 Å². The molecule has 4 heteroatoms. The van der Waals surface area contributed by atoms with Crippen molar-refractivity contribution in [1.29, 1.82) is 0 Å². The van der Waals surface area contributed by atoms with Gasteiger partial charge in [-0.05, 0) is 30.3 Å². The van der Waals surface area contributed by atoms with Crippen LogP contribution in [0.15, 0.2) is 46.9 Å². The lowest BCUT2D eigenvalue weighted by molar-refractivity contribution is 0.474. The second-order valence-electron chi connectivity index (χ2n) is 3.68. The van der Waals surface area contributed by atoms with Gasteiger partial charge in [-0.15, -0.1) is 0 Å². The lowest BCUT2D eigenvalue weighted by Gasteiger charge is -1.94. The Morgan fingerprint density at radius 1 is 1.12 bits per heavy atom. The number of phenolic OH excluding ortho intramolecular Hbond substituents is 1. The van der Waals surface area contributed by atoms with Crippen molar-refractivity contribution in [3.05, 3.63) is 47.5 Å². The van der Waals surface area contributed by atoms with Crippen molar-refractivity contribution in [2.75, 3.05) is 0 Å². The highest BCUT2D eigenvalue weighted by atomic mass is 35.5. The van der Waals surface area contributed by atoms with Gasteiger partial charge in [0.15, 0.2) is 5.58 Å². The molecule has 0 bridgehead atoms. The molecule has 0 aliphatic carbocycles. The predicted octanol–water partition coefficient (Wildman–Crippen LogP) is 3.85. The monoisotopic (exact) mass is 245 g/mol. The van der Waals surface area contributed by atoms with E-state index >= 15 is 0 Å². The van der Waals surface area contributed by atoms with Gasteiger partial charge in [0, 0.05) is 16.7 Å². The second kappa shape index (κ2) is 3.79. The van der Waals surface area contributed by atoms with Gasteiger partial charge >= 0.3 is 0 Å². The molecule has 1 heterocycles. The molecule has 0 spiro atoms. The molecule has 0 aliphatic heterocycles. The Labute approximate surface area is 102 Å². The number of benzene rings is 2. The molecule has 0 unspecified atom stereocenters. The Bertz CT molecular complexity index is 691. The van der Waals surface area contributed by atoms with Crippen molar-refractivity contribution in [2.45, 2.75) is 0 Å². The first-order valence-electron chi connectivity index (χ1n) is 5.08. The number of phenols is 1. The van der Waals surface area contributed by atoms with E-state index in [0.717, 1.165) is 5.56 Å². The van der Waals surface area contributed by atoms with Gasteiger partial charge in [0.2, 0.25) is 5.89 Å². The largest absolute Gasteiger partial charge is 0.508 e. The van der Waals surface area contributed by atoms with E-state index in [9.17, 15) is 5.11 Å². The average Bonchev–Trinajstić information content (AvgIpc) is 2.72. The van der Waals surface area contributed by atoms with Crippen molar-refractivity contribution in [3.63, 3.8) is 0 Å². The molecule has 84 valence electrons. The van der Waals surface area contributed by atoms with E-state index in [2.05, 4.69) is 4.98 Å². The third-order valence-corrected chi connectivity index (χ3v) is 2.68. The van der Waals surface area contributed by atoms with E-state index in [1.807, 2.05) is 12.1 Å². The lowest BCUT2D eigenvalue weighted by atomic mass is 10.2. The molecular weight excluding hydrogens is 238 g/mol. The first kappa shape index (κ1) is 10.2. The number of hydrogen-bond donors (Lipinski definition) is 1. The number of oxazole rings is 1. The summed E-state index contributed by atoms with van der Waals surface area (Å²) in [6, 6.07) is 12.1. The minimum absolute atomic E-state index is 0.159. The van der Waals surface area contributed by atoms with Crippen LogP contribution in [0.4, 0.5) is 0 Å². The Morgan fingerprint density at radius 2 is 2.00 bits per heavy atom. The van der Waals surface area contributed by atoms with Crippen LogP contribution in [0, 0.1) is 0 Å². The van der Waals surface area contributed by atoms with Crippen molar-refractivity contribution in [1.82, 2.24) is 4.98 Å². The quantitative estimate of drug-likeness (QED) is 0.708. The maximum Gasteiger partial charge on any atom is 0.227 e. The van der Waals surface area contributed by atoms with Gasteiger partial charge in [-0.3, -0.25) is 0 Å². The maximum atomic E-state index is 9.35. The Hall–Kier alpha value is -2.00. The van der Waals surface area contributed by atoms with Crippen LogP contribution in [0.25, 0.3) is 22.6 Å².